The molecular weight excluding hydrogens is 212 g/mol. The molecule has 0 atom stereocenters. The number of hydrogen-bond donors (Lipinski definition) is 0. The molecule has 0 saturated carbocycles. The lowest BCUT2D eigenvalue weighted by Gasteiger charge is -2.10. The van der Waals surface area contributed by atoms with Crippen molar-refractivity contribution in [1.82, 2.24) is 4.98 Å². The second-order valence-electron chi connectivity index (χ2n) is 3.23. The Morgan fingerprint density at radius 2 is 2.13 bits per heavy atom. The first-order valence-electron chi connectivity index (χ1n) is 4.45. The van der Waals surface area contributed by atoms with Crippen LogP contribution in [-0.4, -0.2) is 18.4 Å². The maximum atomic E-state index is 10.6. The molecule has 0 fully saturated rings. The van der Waals surface area contributed by atoms with E-state index in [0.717, 1.165) is 23.0 Å². The quantitative estimate of drug-likeness (QED) is 0.576. The van der Waals surface area contributed by atoms with Gasteiger partial charge in [-0.1, -0.05) is 11.6 Å². The van der Waals surface area contributed by atoms with Crippen LogP contribution in [0.2, 0.25) is 5.15 Å². The van der Waals surface area contributed by atoms with Crippen LogP contribution in [0.1, 0.15) is 0 Å². The van der Waals surface area contributed by atoms with Crippen LogP contribution in [0.25, 0.3) is 10.9 Å². The SMILES string of the molecule is CN(C=O)c1ccc2nc(Cl)ccc2c1. The number of anilines is 1. The molecule has 2 rings (SSSR count). The zero-order valence-corrected chi connectivity index (χ0v) is 8.90. The van der Waals surface area contributed by atoms with E-state index in [1.807, 2.05) is 24.3 Å². The monoisotopic (exact) mass is 220 g/mol. The molecule has 1 amide bonds. The summed E-state index contributed by atoms with van der Waals surface area (Å²) in [7, 11) is 1.71. The van der Waals surface area contributed by atoms with E-state index in [2.05, 4.69) is 4.98 Å². The Morgan fingerprint density at radius 3 is 2.87 bits per heavy atom. The minimum absolute atomic E-state index is 0.471. The Morgan fingerprint density at radius 1 is 1.33 bits per heavy atom. The van der Waals surface area contributed by atoms with Gasteiger partial charge < -0.3 is 4.90 Å². The first-order chi connectivity index (χ1) is 7.20. The minimum atomic E-state index is 0.471. The molecule has 0 aliphatic rings. The van der Waals surface area contributed by atoms with Crippen molar-refractivity contribution in [1.29, 1.82) is 0 Å². The maximum Gasteiger partial charge on any atom is 0.213 e. The highest BCUT2D eigenvalue weighted by Crippen LogP contribution is 2.21. The number of carbonyl (C=O) groups excluding carboxylic acids is 1. The standard InChI is InChI=1S/C11H9ClN2O/c1-14(7-15)9-3-4-10-8(6-9)2-5-11(12)13-10/h2-7H,1H3. The third kappa shape index (κ3) is 1.92. The van der Waals surface area contributed by atoms with E-state index in [0.29, 0.717) is 5.15 Å². The molecule has 0 spiro atoms. The number of pyridine rings is 1. The normalized spacial score (nSPS) is 10.3. The Bertz CT molecular complexity index is 513. The minimum Gasteiger partial charge on any atom is -0.318 e. The van der Waals surface area contributed by atoms with Gasteiger partial charge in [-0.25, -0.2) is 4.98 Å². The van der Waals surface area contributed by atoms with Gasteiger partial charge in [0, 0.05) is 18.1 Å². The smallest absolute Gasteiger partial charge is 0.213 e. The van der Waals surface area contributed by atoms with Crippen molar-refractivity contribution < 1.29 is 4.79 Å². The average molecular weight is 221 g/mol. The Balaban J connectivity index is 2.56. The summed E-state index contributed by atoms with van der Waals surface area (Å²) in [6, 6.07) is 9.19. The van der Waals surface area contributed by atoms with Gasteiger partial charge in [0.25, 0.3) is 0 Å². The van der Waals surface area contributed by atoms with Crippen molar-refractivity contribution in [2.24, 2.45) is 0 Å². The summed E-state index contributed by atoms with van der Waals surface area (Å²) in [5.74, 6) is 0. The summed E-state index contributed by atoms with van der Waals surface area (Å²) in [5.41, 5.74) is 1.66. The number of aromatic nitrogens is 1. The number of carbonyl (C=O) groups is 1. The molecule has 0 radical (unpaired) electrons. The fraction of sp³-hybridized carbons (Fsp3) is 0.0909. The van der Waals surface area contributed by atoms with Crippen LogP contribution in [0.3, 0.4) is 0 Å². The van der Waals surface area contributed by atoms with Crippen LogP contribution in [0.5, 0.6) is 0 Å². The first kappa shape index (κ1) is 9.93. The summed E-state index contributed by atoms with van der Waals surface area (Å²) >= 11 is 5.77. The fourth-order valence-electron chi connectivity index (χ4n) is 1.37. The molecule has 4 heteroatoms. The summed E-state index contributed by atoms with van der Waals surface area (Å²) < 4.78 is 0. The van der Waals surface area contributed by atoms with E-state index in [1.54, 1.807) is 13.1 Å². The van der Waals surface area contributed by atoms with Gasteiger partial charge in [-0.3, -0.25) is 4.79 Å². The molecule has 0 N–H and O–H groups in total. The van der Waals surface area contributed by atoms with Gasteiger partial charge in [-0.15, -0.1) is 0 Å². The molecule has 3 nitrogen and oxygen atoms in total. The second-order valence-corrected chi connectivity index (χ2v) is 3.61. The highest BCUT2D eigenvalue weighted by molar-refractivity contribution is 6.29. The van der Waals surface area contributed by atoms with Crippen LogP contribution in [-0.2, 0) is 4.79 Å². The van der Waals surface area contributed by atoms with E-state index in [4.69, 9.17) is 11.6 Å². The predicted octanol–water partition coefficient (Wildman–Crippen LogP) is 2.48. The molecule has 0 aliphatic heterocycles. The molecule has 15 heavy (non-hydrogen) atoms. The number of nitrogens with zero attached hydrogens (tertiary/aromatic N) is 2. The maximum absolute atomic E-state index is 10.6. The van der Waals surface area contributed by atoms with Gasteiger partial charge in [-0.05, 0) is 30.3 Å². The molecule has 1 aromatic heterocycles. The number of amides is 1. The second kappa shape index (κ2) is 3.87. The van der Waals surface area contributed by atoms with Crippen molar-refractivity contribution >= 4 is 34.6 Å². The fourth-order valence-corrected chi connectivity index (χ4v) is 1.52. The Hall–Kier alpha value is -1.61. The summed E-state index contributed by atoms with van der Waals surface area (Å²) in [6.45, 7) is 0. The van der Waals surface area contributed by atoms with Gasteiger partial charge in [0.1, 0.15) is 5.15 Å². The largest absolute Gasteiger partial charge is 0.318 e. The molecular formula is C11H9ClN2O. The molecule has 2 aromatic rings. The van der Waals surface area contributed by atoms with Gasteiger partial charge in [0.2, 0.25) is 6.41 Å². The lowest BCUT2D eigenvalue weighted by atomic mass is 10.2. The number of halogens is 1. The number of benzene rings is 1. The van der Waals surface area contributed by atoms with Crippen molar-refractivity contribution in [3.8, 4) is 0 Å². The van der Waals surface area contributed by atoms with Crippen molar-refractivity contribution in [3.05, 3.63) is 35.5 Å². The van der Waals surface area contributed by atoms with E-state index >= 15 is 0 Å². The molecule has 0 saturated heterocycles. The van der Waals surface area contributed by atoms with E-state index in [-0.39, 0.29) is 0 Å². The molecule has 0 bridgehead atoms. The third-order valence-electron chi connectivity index (χ3n) is 2.20. The highest BCUT2D eigenvalue weighted by atomic mass is 35.5. The molecule has 76 valence electrons. The van der Waals surface area contributed by atoms with Gasteiger partial charge in [0.05, 0.1) is 5.52 Å². The average Bonchev–Trinajstić information content (AvgIpc) is 2.27. The number of rotatable bonds is 2. The first-order valence-corrected chi connectivity index (χ1v) is 4.83. The van der Waals surface area contributed by atoms with Crippen LogP contribution >= 0.6 is 11.6 Å². The zero-order chi connectivity index (χ0) is 10.8. The molecule has 1 heterocycles. The van der Waals surface area contributed by atoms with E-state index < -0.39 is 0 Å². The van der Waals surface area contributed by atoms with Gasteiger partial charge >= 0.3 is 0 Å². The third-order valence-corrected chi connectivity index (χ3v) is 2.41. The van der Waals surface area contributed by atoms with Crippen molar-refractivity contribution in [2.75, 3.05) is 11.9 Å². The van der Waals surface area contributed by atoms with Crippen LogP contribution in [0.4, 0.5) is 5.69 Å². The zero-order valence-electron chi connectivity index (χ0n) is 8.14. The number of fused-ring (bicyclic) bond motifs is 1. The topological polar surface area (TPSA) is 33.2 Å². The number of hydrogen-bond acceptors (Lipinski definition) is 2. The Labute approximate surface area is 92.3 Å². The lowest BCUT2D eigenvalue weighted by molar-refractivity contribution is -0.107. The highest BCUT2D eigenvalue weighted by Gasteiger charge is 2.01. The van der Waals surface area contributed by atoms with Crippen molar-refractivity contribution in [3.63, 3.8) is 0 Å². The van der Waals surface area contributed by atoms with Gasteiger partial charge in [0.15, 0.2) is 0 Å². The van der Waals surface area contributed by atoms with Crippen molar-refractivity contribution in [2.45, 2.75) is 0 Å². The van der Waals surface area contributed by atoms with Crippen LogP contribution < -0.4 is 4.90 Å². The van der Waals surface area contributed by atoms with Crippen LogP contribution in [0.15, 0.2) is 30.3 Å². The van der Waals surface area contributed by atoms with Crippen LogP contribution in [0, 0.1) is 0 Å². The van der Waals surface area contributed by atoms with Gasteiger partial charge in [-0.2, -0.15) is 0 Å². The van der Waals surface area contributed by atoms with E-state index in [9.17, 15) is 4.79 Å². The predicted molar refractivity (Wildman–Crippen MR) is 61.2 cm³/mol. The molecule has 0 aliphatic carbocycles. The van der Waals surface area contributed by atoms with E-state index in [1.165, 1.54) is 4.90 Å². The lowest BCUT2D eigenvalue weighted by Crippen LogP contribution is -2.13. The molecule has 1 aromatic carbocycles. The molecule has 0 unspecified atom stereocenters. The Kier molecular flexibility index (Phi) is 2.56. The summed E-state index contributed by atoms with van der Waals surface area (Å²) in [4.78, 5) is 16.3. The summed E-state index contributed by atoms with van der Waals surface area (Å²) in [5, 5.41) is 1.43. The summed E-state index contributed by atoms with van der Waals surface area (Å²) in [6.07, 6.45) is 0.768.